The molecule has 0 saturated heterocycles. The number of benzene rings is 3. The van der Waals surface area contributed by atoms with Gasteiger partial charge in [0.2, 0.25) is 0 Å². The van der Waals surface area contributed by atoms with Gasteiger partial charge in [0.05, 0.1) is 17.1 Å². The predicted octanol–water partition coefficient (Wildman–Crippen LogP) is 9.10. The van der Waals surface area contributed by atoms with Crippen LogP contribution in [0.25, 0.3) is 22.4 Å². The molecule has 0 amide bonds. The first kappa shape index (κ1) is 25.2. The molecule has 1 aliphatic rings. The normalized spacial score (nSPS) is 14.1. The number of rotatable bonds is 3. The number of hydrogen-bond acceptors (Lipinski definition) is 2. The Balaban J connectivity index is 1.76. The zero-order valence-corrected chi connectivity index (χ0v) is 23.8. The third-order valence-corrected chi connectivity index (χ3v) is 8.12. The van der Waals surface area contributed by atoms with Crippen LogP contribution in [-0.2, 0) is 16.2 Å². The van der Waals surface area contributed by atoms with Gasteiger partial charge in [0.1, 0.15) is 5.41 Å². The minimum absolute atomic E-state index is 0.00947. The maximum absolute atomic E-state index is 5.42. The van der Waals surface area contributed by atoms with Crippen molar-refractivity contribution in [1.29, 1.82) is 0 Å². The Kier molecular flexibility index (Phi) is 5.84. The number of hydrogen-bond donors (Lipinski definition) is 0. The molecule has 2 aromatic heterocycles. The summed E-state index contributed by atoms with van der Waals surface area (Å²) < 4.78 is 0. The van der Waals surface area contributed by atoms with Crippen molar-refractivity contribution in [3.05, 3.63) is 143 Å². The van der Waals surface area contributed by atoms with Gasteiger partial charge in [0.15, 0.2) is 0 Å². The number of nitrogens with zero attached hydrogens (tertiary/aromatic N) is 2. The second-order valence-electron chi connectivity index (χ2n) is 12.8. The minimum Gasteiger partial charge on any atom is -0.260 e. The van der Waals surface area contributed by atoms with Gasteiger partial charge < -0.3 is 0 Å². The van der Waals surface area contributed by atoms with E-state index in [0.717, 1.165) is 22.6 Å². The van der Waals surface area contributed by atoms with Crippen LogP contribution in [0.1, 0.15) is 75.2 Å². The fourth-order valence-electron chi connectivity index (χ4n) is 5.94. The van der Waals surface area contributed by atoms with Gasteiger partial charge >= 0.3 is 0 Å². The summed E-state index contributed by atoms with van der Waals surface area (Å²) in [5.74, 6) is 0. The van der Waals surface area contributed by atoms with Crippen molar-refractivity contribution >= 4 is 0 Å². The molecule has 2 nitrogen and oxygen atoms in total. The maximum atomic E-state index is 5.42. The van der Waals surface area contributed by atoms with Crippen molar-refractivity contribution in [2.45, 2.75) is 57.8 Å². The summed E-state index contributed by atoms with van der Waals surface area (Å²) in [7, 11) is 0. The lowest BCUT2D eigenvalue weighted by Gasteiger charge is -2.33. The molecular weight excluding hydrogens is 472 g/mol. The van der Waals surface area contributed by atoms with Crippen LogP contribution in [-0.4, -0.2) is 9.97 Å². The molecule has 2 heterocycles. The second kappa shape index (κ2) is 9.02. The highest BCUT2D eigenvalue weighted by Crippen LogP contribution is 2.56. The molecule has 1 aliphatic carbocycles. The Morgan fingerprint density at radius 1 is 0.538 bits per heavy atom. The van der Waals surface area contributed by atoms with E-state index in [0.29, 0.717) is 0 Å². The molecule has 0 N–H and O–H groups in total. The van der Waals surface area contributed by atoms with Gasteiger partial charge in [-0.2, -0.15) is 0 Å². The Morgan fingerprint density at radius 2 is 1.10 bits per heavy atom. The van der Waals surface area contributed by atoms with Crippen LogP contribution < -0.4 is 0 Å². The van der Waals surface area contributed by atoms with E-state index in [-0.39, 0.29) is 10.8 Å². The van der Waals surface area contributed by atoms with Crippen LogP contribution in [0.5, 0.6) is 0 Å². The van der Waals surface area contributed by atoms with E-state index in [2.05, 4.69) is 133 Å². The van der Waals surface area contributed by atoms with Crippen molar-refractivity contribution in [2.75, 3.05) is 0 Å². The average molecular weight is 509 g/mol. The lowest BCUT2D eigenvalue weighted by Crippen LogP contribution is -2.32. The summed E-state index contributed by atoms with van der Waals surface area (Å²) in [6.45, 7) is 13.7. The molecule has 39 heavy (non-hydrogen) atoms. The summed E-state index contributed by atoms with van der Waals surface area (Å²) in [5, 5.41) is 0. The molecule has 2 heteroatoms. The third kappa shape index (κ3) is 4.10. The minimum atomic E-state index is -0.640. The van der Waals surface area contributed by atoms with Gasteiger partial charge in [0.25, 0.3) is 0 Å². The van der Waals surface area contributed by atoms with Gasteiger partial charge in [-0.1, -0.05) is 120 Å². The van der Waals surface area contributed by atoms with Gasteiger partial charge in [-0.3, -0.25) is 9.97 Å². The number of fused-ring (bicyclic) bond motifs is 3. The van der Waals surface area contributed by atoms with Crippen molar-refractivity contribution in [3.63, 3.8) is 0 Å². The fraction of sp³-hybridized carbons (Fsp3) is 0.243. The quantitative estimate of drug-likeness (QED) is 0.238. The summed E-state index contributed by atoms with van der Waals surface area (Å²) in [6, 6.07) is 37.2. The van der Waals surface area contributed by atoms with Crippen molar-refractivity contribution < 1.29 is 0 Å². The van der Waals surface area contributed by atoms with E-state index in [9.17, 15) is 0 Å². The molecule has 0 radical (unpaired) electrons. The highest BCUT2D eigenvalue weighted by atomic mass is 14.8. The molecule has 0 bridgehead atoms. The molecule has 3 aromatic carbocycles. The Bertz CT molecular complexity index is 1590. The zero-order chi connectivity index (χ0) is 27.4. The van der Waals surface area contributed by atoms with Crippen molar-refractivity contribution in [1.82, 2.24) is 9.97 Å². The first-order chi connectivity index (χ1) is 18.6. The first-order valence-corrected chi connectivity index (χ1v) is 13.8. The van der Waals surface area contributed by atoms with Gasteiger partial charge in [-0.05, 0) is 68.5 Å². The van der Waals surface area contributed by atoms with E-state index in [1.165, 1.54) is 33.4 Å². The number of pyridine rings is 2. The monoisotopic (exact) mass is 508 g/mol. The van der Waals surface area contributed by atoms with Gasteiger partial charge in [0, 0.05) is 11.8 Å². The van der Waals surface area contributed by atoms with Crippen LogP contribution in [0.2, 0.25) is 0 Å². The highest BCUT2D eigenvalue weighted by molar-refractivity contribution is 5.86. The summed E-state index contributed by atoms with van der Waals surface area (Å²) in [6.07, 6.45) is 1.91. The lowest BCUT2D eigenvalue weighted by molar-refractivity contribution is 0.584. The second-order valence-corrected chi connectivity index (χ2v) is 12.8. The van der Waals surface area contributed by atoms with E-state index in [1.807, 2.05) is 18.3 Å². The summed E-state index contributed by atoms with van der Waals surface area (Å²) in [4.78, 5) is 10.5. The fourth-order valence-corrected chi connectivity index (χ4v) is 5.94. The standard InChI is InChI=1S/C37H36N2/c1-35(2,3)26-18-20-28-29-21-19-27(36(4,5)6)24-31(29)37(30(28)23-26,33-16-10-11-22-38-33)34-17-12-15-32(39-34)25-13-8-7-9-14-25/h7-24H,1-6H3. The van der Waals surface area contributed by atoms with Crippen LogP contribution in [0, 0.1) is 0 Å². The number of aromatic nitrogens is 2. The maximum Gasteiger partial charge on any atom is 0.106 e. The lowest BCUT2D eigenvalue weighted by atomic mass is 9.70. The Morgan fingerprint density at radius 3 is 1.64 bits per heavy atom. The van der Waals surface area contributed by atoms with Gasteiger partial charge in [-0.25, -0.2) is 0 Å². The van der Waals surface area contributed by atoms with E-state index >= 15 is 0 Å². The molecule has 0 atom stereocenters. The molecule has 194 valence electrons. The van der Waals surface area contributed by atoms with Crippen molar-refractivity contribution in [2.24, 2.45) is 0 Å². The Hall–Kier alpha value is -4.04. The van der Waals surface area contributed by atoms with E-state index in [1.54, 1.807) is 0 Å². The highest BCUT2D eigenvalue weighted by Gasteiger charge is 2.49. The zero-order valence-electron chi connectivity index (χ0n) is 23.8. The van der Waals surface area contributed by atoms with Crippen molar-refractivity contribution in [3.8, 4) is 22.4 Å². The molecule has 0 aliphatic heterocycles. The smallest absolute Gasteiger partial charge is 0.106 e. The van der Waals surface area contributed by atoms with Crippen LogP contribution in [0.3, 0.4) is 0 Å². The topological polar surface area (TPSA) is 25.8 Å². The molecule has 5 aromatic rings. The predicted molar refractivity (Wildman–Crippen MR) is 162 cm³/mol. The largest absolute Gasteiger partial charge is 0.260 e. The molecular formula is C37H36N2. The van der Waals surface area contributed by atoms with E-state index in [4.69, 9.17) is 9.97 Å². The molecule has 0 saturated carbocycles. The van der Waals surface area contributed by atoms with E-state index < -0.39 is 5.41 Å². The molecule has 0 spiro atoms. The van der Waals surface area contributed by atoms with Gasteiger partial charge in [-0.15, -0.1) is 0 Å². The molecule has 0 fully saturated rings. The third-order valence-electron chi connectivity index (χ3n) is 8.12. The van der Waals surface area contributed by atoms with Crippen LogP contribution in [0.15, 0.2) is 109 Å². The molecule has 0 unspecified atom stereocenters. The molecule has 6 rings (SSSR count). The first-order valence-electron chi connectivity index (χ1n) is 13.8. The average Bonchev–Trinajstić information content (AvgIpc) is 3.23. The van der Waals surface area contributed by atoms with Crippen LogP contribution >= 0.6 is 0 Å². The van der Waals surface area contributed by atoms with Crippen LogP contribution in [0.4, 0.5) is 0 Å². The summed E-state index contributed by atoms with van der Waals surface area (Å²) in [5.41, 5.74) is 11.1. The summed E-state index contributed by atoms with van der Waals surface area (Å²) >= 11 is 0. The SMILES string of the molecule is CC(C)(C)c1ccc2c(c1)C(c1ccccn1)(c1cccc(-c3ccccc3)n1)c1cc(C(C)(C)C)ccc1-2. The Labute approximate surface area is 232 Å².